The first-order chi connectivity index (χ1) is 11.6. The summed E-state index contributed by atoms with van der Waals surface area (Å²) in [5.74, 6) is -1.23. The van der Waals surface area contributed by atoms with Crippen LogP contribution in [0, 0.1) is 0 Å². The molecule has 0 bridgehead atoms. The molecule has 3 rings (SSSR count). The highest BCUT2D eigenvalue weighted by atomic mass is 16.5. The summed E-state index contributed by atoms with van der Waals surface area (Å²) in [7, 11) is 2.91. The summed E-state index contributed by atoms with van der Waals surface area (Å²) in [6.07, 6.45) is 0. The number of carbonyl (C=O) groups excluding carboxylic acids is 2. The van der Waals surface area contributed by atoms with Crippen molar-refractivity contribution in [3.05, 3.63) is 59.9 Å². The fraction of sp³-hybridized carbons (Fsp3) is 0.111. The second-order valence-corrected chi connectivity index (χ2v) is 5.07. The van der Waals surface area contributed by atoms with Crippen LogP contribution in [0.5, 0.6) is 11.5 Å². The molecule has 1 N–H and O–H groups in total. The summed E-state index contributed by atoms with van der Waals surface area (Å²) in [5, 5.41) is 10.2. The van der Waals surface area contributed by atoms with Crippen LogP contribution in [0.25, 0.3) is 5.57 Å². The molecule has 0 spiro atoms. The largest absolute Gasteiger partial charge is 0.502 e. The number of amides is 2. The van der Waals surface area contributed by atoms with Crippen molar-refractivity contribution < 1.29 is 24.2 Å². The number of ether oxygens (including phenoxy) is 2. The Hall–Kier alpha value is -3.28. The van der Waals surface area contributed by atoms with Gasteiger partial charge in [-0.3, -0.25) is 9.59 Å². The van der Waals surface area contributed by atoms with Gasteiger partial charge in [0.15, 0.2) is 5.76 Å². The van der Waals surface area contributed by atoms with Crippen LogP contribution < -0.4 is 14.4 Å². The van der Waals surface area contributed by atoms with E-state index in [0.29, 0.717) is 17.1 Å². The number of imide groups is 1. The summed E-state index contributed by atoms with van der Waals surface area (Å²) < 4.78 is 10.4. The molecule has 0 radical (unpaired) electrons. The zero-order valence-corrected chi connectivity index (χ0v) is 13.1. The van der Waals surface area contributed by atoms with Crippen molar-refractivity contribution >= 4 is 23.1 Å². The maximum Gasteiger partial charge on any atom is 0.301 e. The summed E-state index contributed by atoms with van der Waals surface area (Å²) in [6.45, 7) is 0. The zero-order valence-electron chi connectivity index (χ0n) is 13.1. The van der Waals surface area contributed by atoms with Crippen LogP contribution in [-0.2, 0) is 9.59 Å². The van der Waals surface area contributed by atoms with E-state index < -0.39 is 17.6 Å². The predicted octanol–water partition coefficient (Wildman–Crippen LogP) is 2.55. The van der Waals surface area contributed by atoms with Crippen LogP contribution in [-0.4, -0.2) is 31.1 Å². The second kappa shape index (κ2) is 6.08. The summed E-state index contributed by atoms with van der Waals surface area (Å²) in [4.78, 5) is 26.1. The van der Waals surface area contributed by atoms with Gasteiger partial charge in [-0.2, -0.15) is 0 Å². The van der Waals surface area contributed by atoms with Gasteiger partial charge < -0.3 is 14.6 Å². The van der Waals surface area contributed by atoms with Crippen molar-refractivity contribution in [2.24, 2.45) is 0 Å². The minimum Gasteiger partial charge on any atom is -0.502 e. The Bertz CT molecular complexity index is 842. The summed E-state index contributed by atoms with van der Waals surface area (Å²) in [6, 6.07) is 13.3. The van der Waals surface area contributed by atoms with Gasteiger partial charge in [0.05, 0.1) is 25.5 Å². The van der Waals surface area contributed by atoms with Gasteiger partial charge in [-0.15, -0.1) is 0 Å². The van der Waals surface area contributed by atoms with Gasteiger partial charge >= 0.3 is 5.91 Å². The Labute approximate surface area is 138 Å². The van der Waals surface area contributed by atoms with E-state index in [4.69, 9.17) is 9.47 Å². The van der Waals surface area contributed by atoms with E-state index in [1.165, 1.54) is 20.3 Å². The van der Waals surface area contributed by atoms with Gasteiger partial charge in [-0.1, -0.05) is 30.3 Å². The highest BCUT2D eigenvalue weighted by Crippen LogP contribution is 2.38. The standard InChI is InChI=1S/C18H15NO5/c1-23-12-8-9-14(24-2)13(10-12)19-17(21)15(16(20)18(19)22)11-6-4-3-5-7-11/h3-10,20H,1-2H3. The van der Waals surface area contributed by atoms with Crippen molar-refractivity contribution in [2.45, 2.75) is 0 Å². The third-order valence-electron chi connectivity index (χ3n) is 3.75. The van der Waals surface area contributed by atoms with E-state index >= 15 is 0 Å². The number of rotatable bonds is 4. The molecule has 0 aromatic heterocycles. The number of nitrogens with zero attached hydrogens (tertiary/aromatic N) is 1. The topological polar surface area (TPSA) is 76.1 Å². The molecule has 1 aliphatic rings. The molecule has 0 saturated carbocycles. The lowest BCUT2D eigenvalue weighted by molar-refractivity contribution is -0.121. The van der Waals surface area contributed by atoms with Crippen LogP contribution in [0.3, 0.4) is 0 Å². The lowest BCUT2D eigenvalue weighted by Crippen LogP contribution is -2.31. The molecule has 6 heteroatoms. The third kappa shape index (κ3) is 2.38. The Kier molecular flexibility index (Phi) is 3.95. The van der Waals surface area contributed by atoms with Crippen LogP contribution >= 0.6 is 0 Å². The van der Waals surface area contributed by atoms with E-state index in [-0.39, 0.29) is 11.3 Å². The Morgan fingerprint density at radius 2 is 1.62 bits per heavy atom. The monoisotopic (exact) mass is 325 g/mol. The number of carbonyl (C=O) groups is 2. The zero-order chi connectivity index (χ0) is 17.3. The lowest BCUT2D eigenvalue weighted by Gasteiger charge is -2.18. The molecule has 2 aromatic carbocycles. The van der Waals surface area contributed by atoms with Gasteiger partial charge in [0.2, 0.25) is 0 Å². The van der Waals surface area contributed by atoms with Gasteiger partial charge in [-0.25, -0.2) is 4.90 Å². The van der Waals surface area contributed by atoms with E-state index in [0.717, 1.165) is 4.90 Å². The summed E-state index contributed by atoms with van der Waals surface area (Å²) in [5.41, 5.74) is 0.646. The molecule has 24 heavy (non-hydrogen) atoms. The van der Waals surface area contributed by atoms with E-state index in [1.807, 2.05) is 0 Å². The van der Waals surface area contributed by atoms with Gasteiger partial charge in [0, 0.05) is 6.07 Å². The molecule has 1 heterocycles. The number of aliphatic hydroxyl groups is 1. The van der Waals surface area contributed by atoms with Crippen LogP contribution in [0.4, 0.5) is 5.69 Å². The maximum atomic E-state index is 12.8. The Morgan fingerprint density at radius 3 is 2.25 bits per heavy atom. The number of hydrogen-bond acceptors (Lipinski definition) is 5. The molecular weight excluding hydrogens is 310 g/mol. The van der Waals surface area contributed by atoms with Crippen molar-refractivity contribution in [3.8, 4) is 11.5 Å². The average molecular weight is 325 g/mol. The molecule has 2 aromatic rings. The third-order valence-corrected chi connectivity index (χ3v) is 3.75. The number of hydrogen-bond donors (Lipinski definition) is 1. The fourth-order valence-corrected chi connectivity index (χ4v) is 2.57. The average Bonchev–Trinajstić information content (AvgIpc) is 2.84. The van der Waals surface area contributed by atoms with E-state index in [2.05, 4.69) is 0 Å². The fourth-order valence-electron chi connectivity index (χ4n) is 2.57. The predicted molar refractivity (Wildman–Crippen MR) is 88.0 cm³/mol. The van der Waals surface area contributed by atoms with Gasteiger partial charge in [0.1, 0.15) is 11.5 Å². The van der Waals surface area contributed by atoms with Crippen molar-refractivity contribution in [1.82, 2.24) is 0 Å². The minimum absolute atomic E-state index is 0.0366. The molecule has 122 valence electrons. The van der Waals surface area contributed by atoms with Crippen molar-refractivity contribution in [3.63, 3.8) is 0 Å². The smallest absolute Gasteiger partial charge is 0.301 e. The SMILES string of the molecule is COc1ccc(OC)c(N2C(=O)C(O)=C(c3ccccc3)C2=O)c1. The van der Waals surface area contributed by atoms with Crippen LogP contribution in [0.2, 0.25) is 0 Å². The molecule has 0 unspecified atom stereocenters. The lowest BCUT2D eigenvalue weighted by atomic mass is 10.1. The first-order valence-electron chi connectivity index (χ1n) is 7.18. The molecule has 0 aliphatic carbocycles. The minimum atomic E-state index is -0.801. The highest BCUT2D eigenvalue weighted by Gasteiger charge is 2.41. The molecule has 0 fully saturated rings. The number of aliphatic hydroxyl groups excluding tert-OH is 1. The number of benzene rings is 2. The highest BCUT2D eigenvalue weighted by molar-refractivity contribution is 6.45. The first-order valence-corrected chi connectivity index (χ1v) is 7.18. The number of methoxy groups -OCH3 is 2. The van der Waals surface area contributed by atoms with Gasteiger partial charge in [0.25, 0.3) is 5.91 Å². The van der Waals surface area contributed by atoms with Crippen molar-refractivity contribution in [1.29, 1.82) is 0 Å². The van der Waals surface area contributed by atoms with Crippen molar-refractivity contribution in [2.75, 3.05) is 19.1 Å². The quantitative estimate of drug-likeness (QED) is 0.874. The molecule has 2 amide bonds. The summed E-state index contributed by atoms with van der Waals surface area (Å²) >= 11 is 0. The molecule has 0 atom stereocenters. The van der Waals surface area contributed by atoms with E-state index in [9.17, 15) is 14.7 Å². The normalized spacial score (nSPS) is 14.3. The molecule has 0 saturated heterocycles. The first kappa shape index (κ1) is 15.6. The second-order valence-electron chi connectivity index (χ2n) is 5.07. The maximum absolute atomic E-state index is 12.8. The molecular formula is C18H15NO5. The Balaban J connectivity index is 2.10. The Morgan fingerprint density at radius 1 is 0.917 bits per heavy atom. The van der Waals surface area contributed by atoms with Crippen LogP contribution in [0.15, 0.2) is 54.3 Å². The number of anilines is 1. The van der Waals surface area contributed by atoms with Crippen LogP contribution in [0.1, 0.15) is 5.56 Å². The molecule has 6 nitrogen and oxygen atoms in total. The van der Waals surface area contributed by atoms with Gasteiger partial charge in [-0.05, 0) is 17.7 Å². The molecule has 1 aliphatic heterocycles. The van der Waals surface area contributed by atoms with E-state index in [1.54, 1.807) is 42.5 Å².